The number of nitriles is 1. The normalized spacial score (nSPS) is 19.0. The van der Waals surface area contributed by atoms with E-state index in [9.17, 15) is 10.1 Å². The van der Waals surface area contributed by atoms with Crippen LogP contribution in [0.2, 0.25) is 5.02 Å². The summed E-state index contributed by atoms with van der Waals surface area (Å²) in [6.45, 7) is 1.02. The number of carbonyl (C=O) groups is 1. The number of amides is 1. The Bertz CT molecular complexity index is 1240. The van der Waals surface area contributed by atoms with Crippen LogP contribution in [0.1, 0.15) is 25.3 Å². The van der Waals surface area contributed by atoms with Crippen LogP contribution in [-0.2, 0) is 4.79 Å². The molecule has 0 spiro atoms. The summed E-state index contributed by atoms with van der Waals surface area (Å²) in [6, 6.07) is 9.37. The topological polar surface area (TPSA) is 114 Å². The number of hydrogen-bond donors (Lipinski definition) is 1. The molecule has 2 aromatic heterocycles. The predicted octanol–water partition coefficient (Wildman–Crippen LogP) is 3.36. The molecule has 31 heavy (non-hydrogen) atoms. The van der Waals surface area contributed by atoms with E-state index in [1.165, 1.54) is 6.33 Å². The Balaban J connectivity index is 1.48. The second-order valence-electron chi connectivity index (χ2n) is 7.98. The molecule has 1 saturated heterocycles. The van der Waals surface area contributed by atoms with Crippen molar-refractivity contribution in [3.8, 4) is 17.3 Å². The van der Waals surface area contributed by atoms with Gasteiger partial charge < -0.3 is 10.6 Å². The maximum atomic E-state index is 12.8. The predicted molar refractivity (Wildman–Crippen MR) is 117 cm³/mol. The molecule has 2 fully saturated rings. The number of carbonyl (C=O) groups excluding carboxylic acids is 1. The molecule has 5 rings (SSSR count). The first kappa shape index (κ1) is 19.5. The zero-order valence-corrected chi connectivity index (χ0v) is 17.5. The van der Waals surface area contributed by atoms with Crippen molar-refractivity contribution in [2.45, 2.75) is 25.3 Å². The Hall–Kier alpha value is -3.44. The molecule has 0 bridgehead atoms. The van der Waals surface area contributed by atoms with Crippen LogP contribution in [0.15, 0.2) is 42.2 Å². The smallest absolute Gasteiger partial charge is 0.264 e. The molecule has 156 valence electrons. The van der Waals surface area contributed by atoms with E-state index in [1.807, 2.05) is 22.9 Å². The number of fused-ring (bicyclic) bond motifs is 1. The van der Waals surface area contributed by atoms with Gasteiger partial charge in [0.05, 0.1) is 11.4 Å². The van der Waals surface area contributed by atoms with Crippen LogP contribution in [0.5, 0.6) is 0 Å². The highest BCUT2D eigenvalue weighted by molar-refractivity contribution is 6.30. The third kappa shape index (κ3) is 3.62. The lowest BCUT2D eigenvalue weighted by atomic mass is 10.1. The molecule has 0 radical (unpaired) electrons. The van der Waals surface area contributed by atoms with Gasteiger partial charge in [-0.1, -0.05) is 29.8 Å². The molecule has 3 heterocycles. The van der Waals surface area contributed by atoms with E-state index < -0.39 is 0 Å². The van der Waals surface area contributed by atoms with Crippen LogP contribution in [0, 0.1) is 17.2 Å². The van der Waals surface area contributed by atoms with Crippen LogP contribution in [0.3, 0.4) is 0 Å². The van der Waals surface area contributed by atoms with Gasteiger partial charge in [-0.3, -0.25) is 4.79 Å². The van der Waals surface area contributed by atoms with Crippen LogP contribution in [0.25, 0.3) is 22.3 Å². The second-order valence-corrected chi connectivity index (χ2v) is 8.42. The third-order valence-electron chi connectivity index (χ3n) is 5.81. The van der Waals surface area contributed by atoms with Crippen LogP contribution in [-0.4, -0.2) is 43.6 Å². The van der Waals surface area contributed by atoms with E-state index in [2.05, 4.69) is 16.0 Å². The first-order valence-corrected chi connectivity index (χ1v) is 10.6. The number of halogens is 1. The molecule has 2 aliphatic rings. The molecule has 8 nitrogen and oxygen atoms in total. The molecule has 1 atom stereocenters. The first-order chi connectivity index (χ1) is 15.0. The summed E-state index contributed by atoms with van der Waals surface area (Å²) in [7, 11) is 0. The number of allylic oxidation sites excluding steroid dienone is 1. The van der Waals surface area contributed by atoms with Gasteiger partial charge in [-0.05, 0) is 37.3 Å². The van der Waals surface area contributed by atoms with Gasteiger partial charge in [0, 0.05) is 23.7 Å². The van der Waals surface area contributed by atoms with Gasteiger partial charge in [-0.25, -0.2) is 14.6 Å². The molecule has 1 aliphatic heterocycles. The van der Waals surface area contributed by atoms with Crippen molar-refractivity contribution < 1.29 is 4.79 Å². The number of rotatable bonds is 4. The van der Waals surface area contributed by atoms with Crippen molar-refractivity contribution in [3.63, 3.8) is 0 Å². The zero-order valence-electron chi connectivity index (χ0n) is 16.7. The van der Waals surface area contributed by atoms with E-state index >= 15 is 0 Å². The SMILES string of the molecule is N#C/C(=C\C1CC1)C(=O)N1CC[C@@H](n2nc(-c3ccc(Cl)cc3)c3c(N)ncnc32)C1. The fourth-order valence-electron chi connectivity index (χ4n) is 4.01. The van der Waals surface area contributed by atoms with Crippen molar-refractivity contribution >= 4 is 34.4 Å². The van der Waals surface area contributed by atoms with Gasteiger partial charge in [-0.2, -0.15) is 10.4 Å². The number of nitrogen functional groups attached to an aromatic ring is 1. The highest BCUT2D eigenvalue weighted by Crippen LogP contribution is 2.35. The van der Waals surface area contributed by atoms with Crippen molar-refractivity contribution in [2.75, 3.05) is 18.8 Å². The maximum Gasteiger partial charge on any atom is 0.264 e. The molecule has 2 N–H and O–H groups in total. The van der Waals surface area contributed by atoms with Crippen LogP contribution < -0.4 is 5.73 Å². The minimum atomic E-state index is -0.208. The Labute approximate surface area is 183 Å². The molecule has 1 saturated carbocycles. The molecule has 9 heteroatoms. The largest absolute Gasteiger partial charge is 0.383 e. The Morgan fingerprint density at radius 1 is 1.23 bits per heavy atom. The summed E-state index contributed by atoms with van der Waals surface area (Å²) >= 11 is 6.04. The molecule has 1 aromatic carbocycles. The van der Waals surface area contributed by atoms with E-state index in [0.29, 0.717) is 53.0 Å². The Morgan fingerprint density at radius 3 is 2.71 bits per heavy atom. The number of hydrogen-bond acceptors (Lipinski definition) is 6. The van der Waals surface area contributed by atoms with Crippen molar-refractivity contribution in [1.82, 2.24) is 24.6 Å². The van der Waals surface area contributed by atoms with Gasteiger partial charge in [-0.15, -0.1) is 0 Å². The minimum absolute atomic E-state index is 0.0670. The molecule has 3 aromatic rings. The van der Waals surface area contributed by atoms with Crippen LogP contribution in [0.4, 0.5) is 5.82 Å². The fraction of sp³-hybridized carbons (Fsp3) is 0.318. The summed E-state index contributed by atoms with van der Waals surface area (Å²) in [5, 5.41) is 15.6. The second kappa shape index (κ2) is 7.67. The molecule has 1 amide bonds. The minimum Gasteiger partial charge on any atom is -0.383 e. The average Bonchev–Trinajstić information content (AvgIpc) is 3.31. The standard InChI is InChI=1S/C22H20ClN7O/c23-16-5-3-14(4-6-16)19-18-20(25)26-12-27-21(18)30(28-19)17-7-8-29(11-17)22(31)15(10-24)9-13-1-2-13/h3-6,9,12-13,17H,1-2,7-8,11H2,(H2,25,26,27)/b15-9+/t17-/m1/s1. The lowest BCUT2D eigenvalue weighted by Gasteiger charge is -2.16. The lowest BCUT2D eigenvalue weighted by molar-refractivity contribution is -0.125. The summed E-state index contributed by atoms with van der Waals surface area (Å²) in [4.78, 5) is 23.1. The maximum absolute atomic E-state index is 12.8. The Kier molecular flexibility index (Phi) is 4.83. The number of nitrogens with two attached hydrogens (primary N) is 1. The monoisotopic (exact) mass is 433 g/mol. The van der Waals surface area contributed by atoms with E-state index in [0.717, 1.165) is 18.4 Å². The Morgan fingerprint density at radius 2 is 2.00 bits per heavy atom. The van der Waals surface area contributed by atoms with Crippen molar-refractivity contribution in [2.24, 2.45) is 5.92 Å². The van der Waals surface area contributed by atoms with Gasteiger partial charge in [0.1, 0.15) is 29.5 Å². The summed E-state index contributed by atoms with van der Waals surface area (Å²) in [6.07, 6.45) is 6.05. The highest BCUT2D eigenvalue weighted by Gasteiger charge is 2.33. The molecular formula is C22H20ClN7O. The van der Waals surface area contributed by atoms with Gasteiger partial charge in [0.2, 0.25) is 0 Å². The number of anilines is 1. The van der Waals surface area contributed by atoms with E-state index in [4.69, 9.17) is 22.4 Å². The van der Waals surface area contributed by atoms with E-state index in [1.54, 1.807) is 17.0 Å². The average molecular weight is 434 g/mol. The molecule has 1 aliphatic carbocycles. The molecular weight excluding hydrogens is 414 g/mol. The van der Waals surface area contributed by atoms with Crippen molar-refractivity contribution in [3.05, 3.63) is 47.3 Å². The quantitative estimate of drug-likeness (QED) is 0.498. The number of benzene rings is 1. The molecule has 0 unspecified atom stereocenters. The van der Waals surface area contributed by atoms with Gasteiger partial charge >= 0.3 is 0 Å². The van der Waals surface area contributed by atoms with Gasteiger partial charge in [0.25, 0.3) is 5.91 Å². The lowest BCUT2D eigenvalue weighted by Crippen LogP contribution is -2.30. The third-order valence-corrected chi connectivity index (χ3v) is 6.06. The highest BCUT2D eigenvalue weighted by atomic mass is 35.5. The fourth-order valence-corrected chi connectivity index (χ4v) is 4.14. The zero-order chi connectivity index (χ0) is 21.5. The summed E-state index contributed by atoms with van der Waals surface area (Å²) in [5.41, 5.74) is 8.59. The first-order valence-electron chi connectivity index (χ1n) is 10.2. The van der Waals surface area contributed by atoms with E-state index in [-0.39, 0.29) is 17.5 Å². The van der Waals surface area contributed by atoms with Gasteiger partial charge in [0.15, 0.2) is 5.65 Å². The summed E-state index contributed by atoms with van der Waals surface area (Å²) < 4.78 is 1.83. The number of aromatic nitrogens is 4. The van der Waals surface area contributed by atoms with Crippen LogP contribution >= 0.6 is 11.6 Å². The number of likely N-dealkylation sites (tertiary alicyclic amines) is 1. The van der Waals surface area contributed by atoms with Crippen molar-refractivity contribution in [1.29, 1.82) is 5.26 Å². The summed E-state index contributed by atoms with van der Waals surface area (Å²) in [5.74, 6) is 0.514. The number of nitrogens with zero attached hydrogens (tertiary/aromatic N) is 6.